The van der Waals surface area contributed by atoms with Gasteiger partial charge in [0.25, 0.3) is 11.2 Å². The van der Waals surface area contributed by atoms with Crippen molar-refractivity contribution in [1.82, 2.24) is 4.57 Å². The molecule has 3 rings (SSSR count). The van der Waals surface area contributed by atoms with E-state index in [0.717, 1.165) is 0 Å². The predicted octanol–water partition coefficient (Wildman–Crippen LogP) is 2.90. The van der Waals surface area contributed by atoms with Crippen molar-refractivity contribution in [3.8, 4) is 5.75 Å². The number of nitro groups is 1. The molecule has 0 atom stereocenters. The van der Waals surface area contributed by atoms with E-state index < -0.39 is 10.5 Å². The van der Waals surface area contributed by atoms with E-state index in [4.69, 9.17) is 4.74 Å². The smallest absolute Gasteiger partial charge is 0.270 e. The fourth-order valence-electron chi connectivity index (χ4n) is 2.69. The average Bonchev–Trinajstić information content (AvgIpc) is 2.48. The van der Waals surface area contributed by atoms with Crippen LogP contribution in [0.25, 0.3) is 5.57 Å². The summed E-state index contributed by atoms with van der Waals surface area (Å²) in [5.41, 5.74) is 0.898. The van der Waals surface area contributed by atoms with Crippen molar-refractivity contribution in [3.63, 3.8) is 0 Å². The highest BCUT2D eigenvalue weighted by atomic mass is 16.6. The Morgan fingerprint density at radius 1 is 1.22 bits per heavy atom. The molecule has 0 bridgehead atoms. The van der Waals surface area contributed by atoms with Crippen molar-refractivity contribution in [2.75, 3.05) is 0 Å². The van der Waals surface area contributed by atoms with Gasteiger partial charge in [-0.1, -0.05) is 0 Å². The van der Waals surface area contributed by atoms with Crippen LogP contribution in [0.2, 0.25) is 0 Å². The number of nitro benzene ring substituents is 1. The number of benzene rings is 1. The first-order chi connectivity index (χ1) is 10.8. The zero-order valence-electron chi connectivity index (χ0n) is 13.1. The van der Waals surface area contributed by atoms with Gasteiger partial charge >= 0.3 is 0 Å². The molecule has 0 N–H and O–H groups in total. The molecule has 0 spiro atoms. The Bertz CT molecular complexity index is 894. The maximum absolute atomic E-state index is 12.5. The summed E-state index contributed by atoms with van der Waals surface area (Å²) in [6.07, 6.45) is 3.50. The van der Waals surface area contributed by atoms with Crippen molar-refractivity contribution in [2.24, 2.45) is 7.05 Å². The van der Waals surface area contributed by atoms with E-state index in [0.29, 0.717) is 22.4 Å². The van der Waals surface area contributed by atoms with Gasteiger partial charge in [0, 0.05) is 36.5 Å². The summed E-state index contributed by atoms with van der Waals surface area (Å²) >= 11 is 0. The third-order valence-electron chi connectivity index (χ3n) is 3.74. The number of hydrogen-bond acceptors (Lipinski definition) is 4. The van der Waals surface area contributed by atoms with Crippen LogP contribution in [0.4, 0.5) is 5.69 Å². The van der Waals surface area contributed by atoms with Gasteiger partial charge in [-0.05, 0) is 43.7 Å². The number of aromatic nitrogens is 1. The molecule has 0 saturated heterocycles. The Hall–Kier alpha value is -2.89. The van der Waals surface area contributed by atoms with Crippen molar-refractivity contribution >= 4 is 11.3 Å². The average molecular weight is 312 g/mol. The molecule has 1 aliphatic rings. The fraction of sp³-hybridized carbons (Fsp3) is 0.235. The van der Waals surface area contributed by atoms with Crippen LogP contribution in [0.1, 0.15) is 25.0 Å². The summed E-state index contributed by atoms with van der Waals surface area (Å²) in [5, 5.41) is 11.1. The van der Waals surface area contributed by atoms with Gasteiger partial charge in [-0.2, -0.15) is 0 Å². The molecular formula is C17H16N2O4. The lowest BCUT2D eigenvalue weighted by Crippen LogP contribution is -2.30. The molecule has 1 aromatic heterocycles. The lowest BCUT2D eigenvalue weighted by Gasteiger charge is -2.31. The van der Waals surface area contributed by atoms with Gasteiger partial charge in [0.1, 0.15) is 11.4 Å². The Morgan fingerprint density at radius 2 is 1.96 bits per heavy atom. The first-order valence-corrected chi connectivity index (χ1v) is 7.15. The van der Waals surface area contributed by atoms with Gasteiger partial charge in [0.2, 0.25) is 0 Å². The SMILES string of the molecule is Cn1cccc(C2=CC(C)(C)Oc3ccc([N+](=O)[O-])cc32)c1=O. The summed E-state index contributed by atoms with van der Waals surface area (Å²) in [4.78, 5) is 23.1. The number of rotatable bonds is 2. The largest absolute Gasteiger partial charge is 0.483 e. The van der Waals surface area contributed by atoms with Crippen LogP contribution < -0.4 is 10.3 Å². The van der Waals surface area contributed by atoms with E-state index in [1.54, 1.807) is 31.4 Å². The van der Waals surface area contributed by atoms with Crippen LogP contribution in [0.5, 0.6) is 5.75 Å². The lowest BCUT2D eigenvalue weighted by molar-refractivity contribution is -0.384. The first-order valence-electron chi connectivity index (χ1n) is 7.15. The maximum Gasteiger partial charge on any atom is 0.270 e. The molecule has 0 radical (unpaired) electrons. The van der Waals surface area contributed by atoms with Crippen LogP contribution in [0.3, 0.4) is 0 Å². The second-order valence-corrected chi connectivity index (χ2v) is 6.04. The molecule has 0 amide bonds. The molecule has 2 heterocycles. The van der Waals surface area contributed by atoms with Gasteiger partial charge in [-0.3, -0.25) is 14.9 Å². The minimum Gasteiger partial charge on any atom is -0.483 e. The van der Waals surface area contributed by atoms with Crippen LogP contribution in [-0.4, -0.2) is 15.1 Å². The van der Waals surface area contributed by atoms with Crippen molar-refractivity contribution in [1.29, 1.82) is 0 Å². The molecule has 1 aromatic carbocycles. The van der Waals surface area contributed by atoms with Gasteiger partial charge in [-0.25, -0.2) is 0 Å². The standard InChI is InChI=1S/C17H16N2O4/c1-17(2)10-14(12-5-4-8-18(3)16(12)20)13-9-11(19(21)22)6-7-15(13)23-17/h4-10H,1-3H3. The highest BCUT2D eigenvalue weighted by Crippen LogP contribution is 2.40. The van der Waals surface area contributed by atoms with E-state index in [-0.39, 0.29) is 11.2 Å². The van der Waals surface area contributed by atoms with Crippen LogP contribution in [0.15, 0.2) is 47.4 Å². The molecule has 23 heavy (non-hydrogen) atoms. The highest BCUT2D eigenvalue weighted by Gasteiger charge is 2.29. The van der Waals surface area contributed by atoms with Gasteiger partial charge < -0.3 is 9.30 Å². The van der Waals surface area contributed by atoms with Crippen molar-refractivity contribution in [2.45, 2.75) is 19.4 Å². The molecular weight excluding hydrogens is 296 g/mol. The number of ether oxygens (including phenoxy) is 1. The highest BCUT2D eigenvalue weighted by molar-refractivity contribution is 5.85. The van der Waals surface area contributed by atoms with Crippen molar-refractivity contribution < 1.29 is 9.66 Å². The molecule has 0 fully saturated rings. The summed E-state index contributed by atoms with van der Waals surface area (Å²) in [7, 11) is 1.67. The fourth-order valence-corrected chi connectivity index (χ4v) is 2.69. The summed E-state index contributed by atoms with van der Waals surface area (Å²) < 4.78 is 7.35. The summed E-state index contributed by atoms with van der Waals surface area (Å²) in [5.74, 6) is 0.531. The van der Waals surface area contributed by atoms with Gasteiger partial charge in [-0.15, -0.1) is 0 Å². The third kappa shape index (κ3) is 2.63. The number of hydrogen-bond donors (Lipinski definition) is 0. The quantitative estimate of drug-likeness (QED) is 0.631. The molecule has 0 saturated carbocycles. The Balaban J connectivity index is 2.29. The number of fused-ring (bicyclic) bond motifs is 1. The molecule has 6 nitrogen and oxygen atoms in total. The van der Waals surface area contributed by atoms with E-state index in [9.17, 15) is 14.9 Å². The third-order valence-corrected chi connectivity index (χ3v) is 3.74. The van der Waals surface area contributed by atoms with E-state index in [2.05, 4.69) is 0 Å². The topological polar surface area (TPSA) is 74.4 Å². The number of aryl methyl sites for hydroxylation is 1. The van der Waals surface area contributed by atoms with Gasteiger partial charge in [0.05, 0.1) is 4.92 Å². The Labute approximate surface area is 132 Å². The molecule has 118 valence electrons. The number of non-ortho nitro benzene ring substituents is 1. The second-order valence-electron chi connectivity index (χ2n) is 6.04. The van der Waals surface area contributed by atoms with Crippen molar-refractivity contribution in [3.05, 3.63) is 74.2 Å². The van der Waals surface area contributed by atoms with Gasteiger partial charge in [0.15, 0.2) is 0 Å². The van der Waals surface area contributed by atoms with E-state index in [1.807, 2.05) is 19.9 Å². The normalized spacial score (nSPS) is 15.3. The minimum atomic E-state index is -0.612. The molecule has 2 aromatic rings. The monoisotopic (exact) mass is 312 g/mol. The Morgan fingerprint density at radius 3 is 2.65 bits per heavy atom. The van der Waals surface area contributed by atoms with Crippen LogP contribution in [0, 0.1) is 10.1 Å². The molecule has 0 aliphatic carbocycles. The predicted molar refractivity (Wildman–Crippen MR) is 86.6 cm³/mol. The van der Waals surface area contributed by atoms with E-state index >= 15 is 0 Å². The maximum atomic E-state index is 12.5. The lowest BCUT2D eigenvalue weighted by atomic mass is 9.90. The van der Waals surface area contributed by atoms with Crippen LogP contribution in [-0.2, 0) is 7.05 Å². The molecule has 0 unspecified atom stereocenters. The zero-order valence-corrected chi connectivity index (χ0v) is 13.1. The molecule has 6 heteroatoms. The first kappa shape index (κ1) is 15.0. The second kappa shape index (κ2) is 5.08. The van der Waals surface area contributed by atoms with Crippen LogP contribution >= 0.6 is 0 Å². The zero-order chi connectivity index (χ0) is 16.8. The summed E-state index contributed by atoms with van der Waals surface area (Å²) in [6, 6.07) is 7.93. The number of nitrogens with zero attached hydrogens (tertiary/aromatic N) is 2. The number of pyridine rings is 1. The molecule has 1 aliphatic heterocycles. The minimum absolute atomic E-state index is 0.0364. The Kier molecular flexibility index (Phi) is 3.32. The summed E-state index contributed by atoms with van der Waals surface area (Å²) in [6.45, 7) is 3.76. The van der Waals surface area contributed by atoms with E-state index in [1.165, 1.54) is 16.7 Å².